The number of rotatable bonds is 1. The minimum Gasteiger partial charge on any atom is -0.317 e. The van der Waals surface area contributed by atoms with Gasteiger partial charge in [0.25, 0.3) is 0 Å². The quantitative estimate of drug-likeness (QED) is 0.814. The molecule has 1 aromatic rings. The van der Waals surface area contributed by atoms with Crippen molar-refractivity contribution in [1.82, 2.24) is 15.3 Å². The Kier molecular flexibility index (Phi) is 2.90. The number of hydrogen-bond donors (Lipinski definition) is 1. The van der Waals surface area contributed by atoms with Crippen molar-refractivity contribution < 1.29 is 0 Å². The number of nitrogens with one attached hydrogen (secondary N) is 1. The second-order valence-corrected chi connectivity index (χ2v) is 4.10. The van der Waals surface area contributed by atoms with Gasteiger partial charge in [0.15, 0.2) is 0 Å². The van der Waals surface area contributed by atoms with Crippen molar-refractivity contribution in [2.45, 2.75) is 18.8 Å². The summed E-state index contributed by atoms with van der Waals surface area (Å²) < 4.78 is 0.837. The van der Waals surface area contributed by atoms with E-state index in [1.165, 1.54) is 12.8 Å². The van der Waals surface area contributed by atoms with Crippen molar-refractivity contribution in [2.75, 3.05) is 13.1 Å². The maximum atomic E-state index is 4.42. The molecule has 2 rings (SSSR count). The maximum absolute atomic E-state index is 4.42. The summed E-state index contributed by atoms with van der Waals surface area (Å²) in [6, 6.07) is 0. The number of aromatic nitrogens is 2. The first kappa shape index (κ1) is 9.09. The van der Waals surface area contributed by atoms with E-state index in [-0.39, 0.29) is 0 Å². The van der Waals surface area contributed by atoms with Gasteiger partial charge in [0.2, 0.25) is 0 Å². The molecule has 0 spiro atoms. The Morgan fingerprint density at radius 2 is 2.08 bits per heavy atom. The third-order valence-corrected chi connectivity index (χ3v) is 2.76. The number of piperidine rings is 1. The molecule has 3 nitrogen and oxygen atoms in total. The first-order valence-electron chi connectivity index (χ1n) is 4.54. The topological polar surface area (TPSA) is 37.8 Å². The van der Waals surface area contributed by atoms with Gasteiger partial charge >= 0.3 is 0 Å². The molecule has 1 saturated heterocycles. The van der Waals surface area contributed by atoms with Crippen molar-refractivity contribution in [1.29, 1.82) is 0 Å². The zero-order chi connectivity index (χ0) is 9.10. The lowest BCUT2D eigenvalue weighted by molar-refractivity contribution is 0.452. The highest BCUT2D eigenvalue weighted by atomic mass is 79.9. The second-order valence-electron chi connectivity index (χ2n) is 3.29. The highest BCUT2D eigenvalue weighted by Crippen LogP contribution is 2.23. The molecule has 0 bridgehead atoms. The lowest BCUT2D eigenvalue weighted by Crippen LogP contribution is -2.27. The highest BCUT2D eigenvalue weighted by Gasteiger charge is 2.16. The molecular weight excluding hydrogens is 230 g/mol. The molecule has 0 unspecified atom stereocenters. The number of hydrogen-bond acceptors (Lipinski definition) is 3. The molecule has 13 heavy (non-hydrogen) atoms. The zero-order valence-corrected chi connectivity index (χ0v) is 8.92. The molecule has 0 atom stereocenters. The van der Waals surface area contributed by atoms with E-state index in [0.29, 0.717) is 5.92 Å². The van der Waals surface area contributed by atoms with E-state index >= 15 is 0 Å². The van der Waals surface area contributed by atoms with E-state index < -0.39 is 0 Å². The minimum absolute atomic E-state index is 0.589. The summed E-state index contributed by atoms with van der Waals surface area (Å²) in [4.78, 5) is 8.55. The van der Waals surface area contributed by atoms with Crippen molar-refractivity contribution in [3.05, 3.63) is 22.7 Å². The fourth-order valence-electron chi connectivity index (χ4n) is 1.67. The predicted octanol–water partition coefficient (Wildman–Crippen LogP) is 1.71. The highest BCUT2D eigenvalue weighted by molar-refractivity contribution is 9.10. The van der Waals surface area contributed by atoms with Crippen LogP contribution >= 0.6 is 15.9 Å². The van der Waals surface area contributed by atoms with Gasteiger partial charge in [0.05, 0.1) is 11.9 Å². The SMILES string of the molecule is Brc1cncc(C2CCNCC2)n1. The molecule has 1 N–H and O–H groups in total. The van der Waals surface area contributed by atoms with E-state index in [0.717, 1.165) is 23.4 Å². The molecule has 1 aliphatic heterocycles. The van der Waals surface area contributed by atoms with Crippen LogP contribution < -0.4 is 5.32 Å². The minimum atomic E-state index is 0.589. The number of nitrogens with zero attached hydrogens (tertiary/aromatic N) is 2. The molecular formula is C9H12BrN3. The van der Waals surface area contributed by atoms with Crippen LogP contribution in [0.1, 0.15) is 24.5 Å². The summed E-state index contributed by atoms with van der Waals surface area (Å²) in [5.41, 5.74) is 1.12. The molecule has 0 radical (unpaired) electrons. The third kappa shape index (κ3) is 2.25. The molecule has 2 heterocycles. The van der Waals surface area contributed by atoms with Gasteiger partial charge in [-0.15, -0.1) is 0 Å². The lowest BCUT2D eigenvalue weighted by Gasteiger charge is -2.21. The second kappa shape index (κ2) is 4.15. The van der Waals surface area contributed by atoms with Crippen LogP contribution in [-0.4, -0.2) is 23.1 Å². The lowest BCUT2D eigenvalue weighted by atomic mass is 9.95. The Morgan fingerprint density at radius 1 is 1.31 bits per heavy atom. The standard InChI is InChI=1S/C9H12BrN3/c10-9-6-12-5-8(13-9)7-1-3-11-4-2-7/h5-7,11H,1-4H2. The summed E-state index contributed by atoms with van der Waals surface area (Å²) in [5, 5.41) is 3.34. The van der Waals surface area contributed by atoms with Crippen molar-refractivity contribution in [2.24, 2.45) is 0 Å². The van der Waals surface area contributed by atoms with Gasteiger partial charge in [0, 0.05) is 12.1 Å². The average Bonchev–Trinajstić information content (AvgIpc) is 2.19. The van der Waals surface area contributed by atoms with Gasteiger partial charge in [0.1, 0.15) is 4.60 Å². The third-order valence-electron chi connectivity index (χ3n) is 2.38. The van der Waals surface area contributed by atoms with Crippen LogP contribution in [0.15, 0.2) is 17.0 Å². The Bertz CT molecular complexity index is 284. The maximum Gasteiger partial charge on any atom is 0.124 e. The smallest absolute Gasteiger partial charge is 0.124 e. The van der Waals surface area contributed by atoms with Gasteiger partial charge in [-0.25, -0.2) is 4.98 Å². The van der Waals surface area contributed by atoms with Gasteiger partial charge < -0.3 is 5.32 Å². The van der Waals surface area contributed by atoms with Crippen LogP contribution in [0.2, 0.25) is 0 Å². The largest absolute Gasteiger partial charge is 0.317 e. The predicted molar refractivity (Wildman–Crippen MR) is 54.6 cm³/mol. The van der Waals surface area contributed by atoms with E-state index in [1.807, 2.05) is 6.20 Å². The molecule has 0 aromatic carbocycles. The molecule has 0 aliphatic carbocycles. The van der Waals surface area contributed by atoms with Crippen LogP contribution in [-0.2, 0) is 0 Å². The summed E-state index contributed by atoms with van der Waals surface area (Å²) >= 11 is 3.34. The van der Waals surface area contributed by atoms with Crippen molar-refractivity contribution in [3.63, 3.8) is 0 Å². The average molecular weight is 242 g/mol. The molecule has 0 amide bonds. The Balaban J connectivity index is 2.14. The molecule has 4 heteroatoms. The van der Waals surface area contributed by atoms with E-state index in [2.05, 4.69) is 31.2 Å². The fraction of sp³-hybridized carbons (Fsp3) is 0.556. The monoisotopic (exact) mass is 241 g/mol. The summed E-state index contributed by atoms with van der Waals surface area (Å²) in [6.45, 7) is 2.19. The van der Waals surface area contributed by atoms with Crippen LogP contribution in [0.5, 0.6) is 0 Å². The van der Waals surface area contributed by atoms with Gasteiger partial charge in [-0.05, 0) is 41.9 Å². The van der Waals surface area contributed by atoms with Crippen molar-refractivity contribution in [3.8, 4) is 0 Å². The zero-order valence-electron chi connectivity index (χ0n) is 7.33. The van der Waals surface area contributed by atoms with Crippen LogP contribution in [0.3, 0.4) is 0 Å². The van der Waals surface area contributed by atoms with Crippen LogP contribution in [0, 0.1) is 0 Å². The summed E-state index contributed by atoms with van der Waals surface area (Å²) in [5.74, 6) is 0.589. The normalized spacial score (nSPS) is 18.8. The Hall–Kier alpha value is -0.480. The summed E-state index contributed by atoms with van der Waals surface area (Å²) in [6.07, 6.45) is 5.95. The van der Waals surface area contributed by atoms with Gasteiger partial charge in [-0.2, -0.15) is 0 Å². The molecule has 70 valence electrons. The van der Waals surface area contributed by atoms with Crippen LogP contribution in [0.4, 0.5) is 0 Å². The van der Waals surface area contributed by atoms with Crippen molar-refractivity contribution >= 4 is 15.9 Å². The van der Waals surface area contributed by atoms with E-state index in [4.69, 9.17) is 0 Å². The number of halogens is 1. The Morgan fingerprint density at radius 3 is 2.77 bits per heavy atom. The molecule has 1 aliphatic rings. The van der Waals surface area contributed by atoms with Gasteiger partial charge in [-0.1, -0.05) is 0 Å². The molecule has 1 aromatic heterocycles. The molecule has 0 saturated carbocycles. The van der Waals surface area contributed by atoms with E-state index in [9.17, 15) is 0 Å². The first-order valence-corrected chi connectivity index (χ1v) is 5.34. The summed E-state index contributed by atoms with van der Waals surface area (Å²) in [7, 11) is 0. The first-order chi connectivity index (χ1) is 6.36. The van der Waals surface area contributed by atoms with E-state index in [1.54, 1.807) is 6.20 Å². The van der Waals surface area contributed by atoms with Gasteiger partial charge in [-0.3, -0.25) is 4.98 Å². The van der Waals surface area contributed by atoms with Crippen LogP contribution in [0.25, 0.3) is 0 Å². The Labute approximate surface area is 86.1 Å². The molecule has 1 fully saturated rings. The fourth-order valence-corrected chi connectivity index (χ4v) is 1.99.